The highest BCUT2D eigenvalue weighted by Crippen LogP contribution is 2.24. The largest absolute Gasteiger partial charge is 0.345 e. The van der Waals surface area contributed by atoms with Gasteiger partial charge in [0, 0.05) is 16.9 Å². The Morgan fingerprint density at radius 1 is 0.923 bits per heavy atom. The molecule has 0 unspecified atom stereocenters. The van der Waals surface area contributed by atoms with Gasteiger partial charge in [0.15, 0.2) is 11.0 Å². The van der Waals surface area contributed by atoms with Crippen LogP contribution in [0.5, 0.6) is 0 Å². The van der Waals surface area contributed by atoms with E-state index in [2.05, 4.69) is 20.8 Å². The van der Waals surface area contributed by atoms with Crippen LogP contribution in [0.1, 0.15) is 27.3 Å². The first-order valence-corrected chi connectivity index (χ1v) is 13.3. The van der Waals surface area contributed by atoms with E-state index >= 15 is 0 Å². The van der Waals surface area contributed by atoms with Gasteiger partial charge in [0.1, 0.15) is 5.82 Å². The van der Waals surface area contributed by atoms with Crippen molar-refractivity contribution in [2.24, 2.45) is 0 Å². The third kappa shape index (κ3) is 5.99. The zero-order valence-corrected chi connectivity index (χ0v) is 22.3. The molecule has 4 aromatic carbocycles. The maximum atomic E-state index is 13.7. The second-order valence-corrected chi connectivity index (χ2v) is 10.0. The SMILES string of the molecule is Cc1ccc(C)c(NC(=O)CSc2nnc(CNC(=O)c3cccc4ccccc34)n2-c2ccc(F)cc2)c1. The Hall–Kier alpha value is -4.50. The molecule has 1 aromatic heterocycles. The summed E-state index contributed by atoms with van der Waals surface area (Å²) in [5.41, 5.74) is 3.96. The molecular weight excluding hydrogens is 513 g/mol. The number of hydrogen-bond acceptors (Lipinski definition) is 5. The lowest BCUT2D eigenvalue weighted by atomic mass is 10.0. The molecule has 0 spiro atoms. The van der Waals surface area contributed by atoms with Crippen LogP contribution >= 0.6 is 11.8 Å². The number of amides is 2. The number of anilines is 1. The predicted octanol–water partition coefficient (Wildman–Crippen LogP) is 5.84. The number of hydrogen-bond donors (Lipinski definition) is 2. The van der Waals surface area contributed by atoms with Crippen molar-refractivity contribution in [2.75, 3.05) is 11.1 Å². The molecule has 2 N–H and O–H groups in total. The molecule has 7 nitrogen and oxygen atoms in total. The molecule has 0 saturated heterocycles. The number of carbonyl (C=O) groups excluding carboxylic acids is 2. The Bertz CT molecular complexity index is 1660. The molecule has 0 fully saturated rings. The molecule has 5 rings (SSSR count). The van der Waals surface area contributed by atoms with Gasteiger partial charge in [-0.25, -0.2) is 4.39 Å². The van der Waals surface area contributed by atoms with E-state index in [0.717, 1.165) is 27.6 Å². The zero-order chi connectivity index (χ0) is 27.4. The fourth-order valence-electron chi connectivity index (χ4n) is 4.22. The van der Waals surface area contributed by atoms with Crippen LogP contribution in [0.3, 0.4) is 0 Å². The van der Waals surface area contributed by atoms with Crippen molar-refractivity contribution in [2.45, 2.75) is 25.5 Å². The summed E-state index contributed by atoms with van der Waals surface area (Å²) >= 11 is 1.21. The first kappa shape index (κ1) is 26.1. The van der Waals surface area contributed by atoms with Gasteiger partial charge in [-0.15, -0.1) is 10.2 Å². The van der Waals surface area contributed by atoms with Gasteiger partial charge in [-0.3, -0.25) is 14.2 Å². The number of benzene rings is 4. The molecule has 5 aromatic rings. The average molecular weight is 540 g/mol. The van der Waals surface area contributed by atoms with Gasteiger partial charge in [-0.1, -0.05) is 60.3 Å². The van der Waals surface area contributed by atoms with E-state index in [-0.39, 0.29) is 29.9 Å². The Balaban J connectivity index is 1.35. The summed E-state index contributed by atoms with van der Waals surface area (Å²) in [6.07, 6.45) is 0. The van der Waals surface area contributed by atoms with Crippen molar-refractivity contribution in [1.29, 1.82) is 0 Å². The van der Waals surface area contributed by atoms with Crippen molar-refractivity contribution in [3.05, 3.63) is 113 Å². The first-order valence-electron chi connectivity index (χ1n) is 12.3. The van der Waals surface area contributed by atoms with Crippen LogP contribution in [-0.2, 0) is 11.3 Å². The monoisotopic (exact) mass is 539 g/mol. The second kappa shape index (κ2) is 11.5. The minimum atomic E-state index is -0.375. The molecule has 0 atom stereocenters. The molecule has 0 bridgehead atoms. The molecule has 9 heteroatoms. The van der Waals surface area contributed by atoms with Crippen LogP contribution in [-0.4, -0.2) is 32.3 Å². The third-order valence-corrected chi connectivity index (χ3v) is 7.15. The number of aromatic nitrogens is 3. The van der Waals surface area contributed by atoms with Crippen LogP contribution in [0.4, 0.5) is 10.1 Å². The number of thioether (sulfide) groups is 1. The van der Waals surface area contributed by atoms with Crippen molar-refractivity contribution in [3.8, 4) is 5.69 Å². The number of fused-ring (bicyclic) bond motifs is 1. The lowest BCUT2D eigenvalue weighted by molar-refractivity contribution is -0.113. The highest BCUT2D eigenvalue weighted by atomic mass is 32.2. The first-order chi connectivity index (χ1) is 18.9. The van der Waals surface area contributed by atoms with E-state index < -0.39 is 0 Å². The highest BCUT2D eigenvalue weighted by molar-refractivity contribution is 7.99. The quantitative estimate of drug-likeness (QED) is 0.242. The molecule has 0 aliphatic rings. The van der Waals surface area contributed by atoms with Gasteiger partial charge >= 0.3 is 0 Å². The highest BCUT2D eigenvalue weighted by Gasteiger charge is 2.18. The summed E-state index contributed by atoms with van der Waals surface area (Å²) in [6.45, 7) is 3.99. The van der Waals surface area contributed by atoms with E-state index in [1.165, 1.54) is 23.9 Å². The number of nitrogens with one attached hydrogen (secondary N) is 2. The minimum absolute atomic E-state index is 0.0850. The number of rotatable bonds is 8. The number of halogens is 1. The van der Waals surface area contributed by atoms with Crippen LogP contribution in [0.25, 0.3) is 16.5 Å². The second-order valence-electron chi connectivity index (χ2n) is 9.08. The van der Waals surface area contributed by atoms with E-state index in [4.69, 9.17) is 0 Å². The summed E-state index contributed by atoms with van der Waals surface area (Å²) in [7, 11) is 0. The Morgan fingerprint density at radius 2 is 1.69 bits per heavy atom. The lowest BCUT2D eigenvalue weighted by Crippen LogP contribution is -2.25. The number of nitrogens with zero attached hydrogens (tertiary/aromatic N) is 3. The number of carbonyl (C=O) groups is 2. The average Bonchev–Trinajstić information content (AvgIpc) is 3.35. The molecule has 2 amide bonds. The van der Waals surface area contributed by atoms with Gasteiger partial charge in [0.2, 0.25) is 5.91 Å². The fraction of sp³-hybridized carbons (Fsp3) is 0.133. The fourth-order valence-corrected chi connectivity index (χ4v) is 4.99. The van der Waals surface area contributed by atoms with Gasteiger partial charge in [0.25, 0.3) is 5.91 Å². The maximum absolute atomic E-state index is 13.7. The Labute approximate surface area is 229 Å². The normalized spacial score (nSPS) is 10.9. The topological polar surface area (TPSA) is 88.9 Å². The van der Waals surface area contributed by atoms with E-state index in [0.29, 0.717) is 22.2 Å². The van der Waals surface area contributed by atoms with Crippen LogP contribution in [0, 0.1) is 19.7 Å². The molecule has 196 valence electrons. The summed E-state index contributed by atoms with van der Waals surface area (Å²) < 4.78 is 15.4. The molecule has 0 radical (unpaired) electrons. The molecule has 0 saturated carbocycles. The molecule has 1 heterocycles. The number of aryl methyl sites for hydroxylation is 2. The smallest absolute Gasteiger partial charge is 0.252 e. The van der Waals surface area contributed by atoms with E-state index in [1.54, 1.807) is 22.8 Å². The Morgan fingerprint density at radius 3 is 2.51 bits per heavy atom. The standard InChI is InChI=1S/C30H26FN5O2S/c1-19-10-11-20(2)26(16-19)33-28(37)18-39-30-35-34-27(36(30)23-14-12-22(31)13-15-23)17-32-29(38)25-9-5-7-21-6-3-4-8-24(21)25/h3-16H,17-18H2,1-2H3,(H,32,38)(H,33,37). The maximum Gasteiger partial charge on any atom is 0.252 e. The summed E-state index contributed by atoms with van der Waals surface area (Å²) in [5.74, 6) is -0.266. The third-order valence-electron chi connectivity index (χ3n) is 6.23. The van der Waals surface area contributed by atoms with Crippen LogP contribution in [0.2, 0.25) is 0 Å². The van der Waals surface area contributed by atoms with Gasteiger partial charge in [-0.05, 0) is 72.1 Å². The van der Waals surface area contributed by atoms with Gasteiger partial charge in [-0.2, -0.15) is 0 Å². The Kier molecular flexibility index (Phi) is 7.69. The summed E-state index contributed by atoms with van der Waals surface area (Å²) in [6, 6.07) is 25.0. The predicted molar refractivity (Wildman–Crippen MR) is 152 cm³/mol. The van der Waals surface area contributed by atoms with E-state index in [9.17, 15) is 14.0 Å². The van der Waals surface area contributed by atoms with Crippen molar-refractivity contribution in [3.63, 3.8) is 0 Å². The summed E-state index contributed by atoms with van der Waals surface area (Å²) in [4.78, 5) is 25.8. The zero-order valence-electron chi connectivity index (χ0n) is 21.4. The lowest BCUT2D eigenvalue weighted by Gasteiger charge is -2.12. The van der Waals surface area contributed by atoms with Gasteiger partial charge in [0.05, 0.1) is 12.3 Å². The van der Waals surface area contributed by atoms with E-state index in [1.807, 2.05) is 68.4 Å². The van der Waals surface area contributed by atoms with Crippen molar-refractivity contribution >= 4 is 40.0 Å². The molecule has 0 aliphatic heterocycles. The van der Waals surface area contributed by atoms with Crippen LogP contribution in [0.15, 0.2) is 90.1 Å². The van der Waals surface area contributed by atoms with Crippen LogP contribution < -0.4 is 10.6 Å². The minimum Gasteiger partial charge on any atom is -0.345 e. The van der Waals surface area contributed by atoms with Gasteiger partial charge < -0.3 is 10.6 Å². The molecule has 0 aliphatic carbocycles. The van der Waals surface area contributed by atoms with Crippen molar-refractivity contribution < 1.29 is 14.0 Å². The molecule has 39 heavy (non-hydrogen) atoms. The summed E-state index contributed by atoms with van der Waals surface area (Å²) in [5, 5.41) is 16.7. The van der Waals surface area contributed by atoms with Crippen molar-refractivity contribution in [1.82, 2.24) is 20.1 Å². The molecular formula is C30H26FN5O2S.